The fourth-order valence-corrected chi connectivity index (χ4v) is 4.49. The number of thioether (sulfide) groups is 1. The molecule has 1 amide bonds. The number of Topliss-reactive ketones (excluding diaryl/α,β-unsaturated/α-hetero) is 1. The van der Waals surface area contributed by atoms with Gasteiger partial charge in [0.2, 0.25) is 5.91 Å². The quantitative estimate of drug-likeness (QED) is 0.191. The molecule has 4 rings (SSSR count). The van der Waals surface area contributed by atoms with Crippen molar-refractivity contribution >= 4 is 23.5 Å². The Bertz CT molecular complexity index is 1310. The van der Waals surface area contributed by atoms with Gasteiger partial charge in [0, 0.05) is 25.5 Å². The van der Waals surface area contributed by atoms with Crippen molar-refractivity contribution in [1.29, 1.82) is 0 Å². The first-order chi connectivity index (χ1) is 17.0. The minimum absolute atomic E-state index is 0.0510. The van der Waals surface area contributed by atoms with E-state index < -0.39 is 5.82 Å². The number of nitrogens with one attached hydrogen (secondary N) is 1. The van der Waals surface area contributed by atoms with E-state index in [1.165, 1.54) is 24.8 Å². The van der Waals surface area contributed by atoms with E-state index in [0.717, 1.165) is 11.1 Å². The zero-order chi connectivity index (χ0) is 24.6. The Kier molecular flexibility index (Phi) is 8.05. The lowest BCUT2D eigenvalue weighted by atomic mass is 10.0. The fraction of sp³-hybridized carbons (Fsp3) is 0.185. The minimum Gasteiger partial charge on any atom is -0.356 e. The van der Waals surface area contributed by atoms with Crippen LogP contribution in [0.25, 0.3) is 16.8 Å². The van der Waals surface area contributed by atoms with Crippen molar-refractivity contribution in [3.63, 3.8) is 0 Å². The van der Waals surface area contributed by atoms with Crippen molar-refractivity contribution < 1.29 is 14.0 Å². The van der Waals surface area contributed by atoms with Crippen LogP contribution in [0, 0.1) is 5.82 Å². The van der Waals surface area contributed by atoms with Crippen LogP contribution in [0.3, 0.4) is 0 Å². The highest BCUT2D eigenvalue weighted by molar-refractivity contribution is 7.99. The second-order valence-electron chi connectivity index (χ2n) is 7.93. The molecule has 1 heterocycles. The molecule has 0 saturated carbocycles. The van der Waals surface area contributed by atoms with E-state index in [4.69, 9.17) is 0 Å². The molecule has 1 aromatic heterocycles. The molecule has 0 fully saturated rings. The summed E-state index contributed by atoms with van der Waals surface area (Å²) < 4.78 is 16.3. The summed E-state index contributed by atoms with van der Waals surface area (Å²) in [7, 11) is 0. The molecule has 6 nitrogen and oxygen atoms in total. The van der Waals surface area contributed by atoms with Gasteiger partial charge in [-0.1, -0.05) is 78.5 Å². The van der Waals surface area contributed by atoms with E-state index in [2.05, 4.69) is 15.5 Å². The molecule has 0 spiro atoms. The number of amides is 1. The van der Waals surface area contributed by atoms with E-state index in [1.807, 2.05) is 54.6 Å². The number of hydrogen-bond acceptors (Lipinski definition) is 5. The van der Waals surface area contributed by atoms with Crippen LogP contribution in [0.15, 0.2) is 84.0 Å². The van der Waals surface area contributed by atoms with Crippen molar-refractivity contribution in [2.75, 3.05) is 12.3 Å². The van der Waals surface area contributed by atoms with Gasteiger partial charge >= 0.3 is 0 Å². The summed E-state index contributed by atoms with van der Waals surface area (Å²) in [5.74, 6) is 0.156. The second kappa shape index (κ2) is 11.6. The molecule has 3 aromatic carbocycles. The predicted octanol–water partition coefficient (Wildman–Crippen LogP) is 5.12. The van der Waals surface area contributed by atoms with Crippen LogP contribution in [0.4, 0.5) is 4.39 Å². The van der Waals surface area contributed by atoms with Gasteiger partial charge in [-0.3, -0.25) is 14.2 Å². The van der Waals surface area contributed by atoms with E-state index in [9.17, 15) is 14.0 Å². The number of carbonyl (C=O) groups is 2. The van der Waals surface area contributed by atoms with Gasteiger partial charge < -0.3 is 5.32 Å². The van der Waals surface area contributed by atoms with Gasteiger partial charge in [-0.25, -0.2) is 4.39 Å². The summed E-state index contributed by atoms with van der Waals surface area (Å²) in [6, 6.07) is 23.9. The summed E-state index contributed by atoms with van der Waals surface area (Å²) in [6.45, 7) is 1.95. The zero-order valence-corrected chi connectivity index (χ0v) is 20.1. The van der Waals surface area contributed by atoms with Crippen molar-refractivity contribution in [3.05, 3.63) is 96.1 Å². The van der Waals surface area contributed by atoms with Crippen molar-refractivity contribution in [2.45, 2.75) is 24.9 Å². The van der Waals surface area contributed by atoms with Crippen LogP contribution in [-0.4, -0.2) is 38.8 Å². The number of ketones is 1. The Labute approximate surface area is 207 Å². The van der Waals surface area contributed by atoms with Crippen LogP contribution in [0.1, 0.15) is 29.5 Å². The molecule has 0 aliphatic heterocycles. The Morgan fingerprint density at radius 1 is 0.914 bits per heavy atom. The smallest absolute Gasteiger partial charge is 0.216 e. The maximum atomic E-state index is 14.6. The Balaban J connectivity index is 1.49. The van der Waals surface area contributed by atoms with E-state index >= 15 is 0 Å². The molecule has 0 bridgehead atoms. The van der Waals surface area contributed by atoms with Crippen LogP contribution in [0.2, 0.25) is 0 Å². The Morgan fingerprint density at radius 2 is 1.60 bits per heavy atom. The van der Waals surface area contributed by atoms with Crippen LogP contribution < -0.4 is 5.32 Å². The number of halogens is 1. The molecule has 4 aromatic rings. The second-order valence-corrected chi connectivity index (χ2v) is 8.87. The third-order valence-electron chi connectivity index (χ3n) is 5.39. The SMILES string of the molecule is CC(=O)NCCCc1nnc(SCC(=O)c2ccc(-c3ccccc3)cc2)n1-c1ccccc1F. The number of aryl methyl sites for hydroxylation is 1. The van der Waals surface area contributed by atoms with E-state index in [0.29, 0.717) is 41.6 Å². The first-order valence-corrected chi connectivity index (χ1v) is 12.3. The predicted molar refractivity (Wildman–Crippen MR) is 135 cm³/mol. The molecule has 8 heteroatoms. The topological polar surface area (TPSA) is 76.9 Å². The van der Waals surface area contributed by atoms with Crippen LogP contribution in [-0.2, 0) is 11.2 Å². The monoisotopic (exact) mass is 488 g/mol. The average Bonchev–Trinajstić information content (AvgIpc) is 3.28. The van der Waals surface area contributed by atoms with E-state index in [1.54, 1.807) is 22.8 Å². The molecule has 178 valence electrons. The Morgan fingerprint density at radius 3 is 2.31 bits per heavy atom. The van der Waals surface area contributed by atoms with Gasteiger partial charge in [-0.2, -0.15) is 0 Å². The maximum absolute atomic E-state index is 14.6. The van der Waals surface area contributed by atoms with Gasteiger partial charge in [0.25, 0.3) is 0 Å². The first-order valence-electron chi connectivity index (χ1n) is 11.3. The summed E-state index contributed by atoms with van der Waals surface area (Å²) in [6.07, 6.45) is 1.13. The molecule has 0 atom stereocenters. The lowest BCUT2D eigenvalue weighted by molar-refractivity contribution is -0.118. The standard InChI is InChI=1S/C27H25FN4O2S/c1-19(33)29-17-7-12-26-30-31-27(32(26)24-11-6-5-10-23(24)28)35-18-25(34)22-15-13-21(14-16-22)20-8-3-2-4-9-20/h2-6,8-11,13-16H,7,12,17-18H2,1H3,(H,29,33). The third kappa shape index (κ3) is 6.22. The largest absolute Gasteiger partial charge is 0.356 e. The number of carbonyl (C=O) groups excluding carboxylic acids is 2. The lowest BCUT2D eigenvalue weighted by Gasteiger charge is -2.11. The minimum atomic E-state index is -0.403. The van der Waals surface area contributed by atoms with Gasteiger partial charge in [-0.15, -0.1) is 10.2 Å². The molecule has 35 heavy (non-hydrogen) atoms. The van der Waals surface area contributed by atoms with Gasteiger partial charge in [0.1, 0.15) is 11.6 Å². The van der Waals surface area contributed by atoms with Gasteiger partial charge in [0.05, 0.1) is 11.4 Å². The van der Waals surface area contributed by atoms with Crippen LogP contribution in [0.5, 0.6) is 0 Å². The molecular formula is C27H25FN4O2S. The highest BCUT2D eigenvalue weighted by Crippen LogP contribution is 2.26. The molecule has 0 radical (unpaired) electrons. The first kappa shape index (κ1) is 24.3. The Hall–Kier alpha value is -3.78. The highest BCUT2D eigenvalue weighted by Gasteiger charge is 2.18. The lowest BCUT2D eigenvalue weighted by Crippen LogP contribution is -2.21. The highest BCUT2D eigenvalue weighted by atomic mass is 32.2. The molecule has 0 unspecified atom stereocenters. The number of nitrogens with zero attached hydrogens (tertiary/aromatic N) is 3. The number of hydrogen-bond donors (Lipinski definition) is 1. The summed E-state index contributed by atoms with van der Waals surface area (Å²) >= 11 is 1.22. The van der Waals surface area contributed by atoms with Crippen LogP contribution >= 0.6 is 11.8 Å². The van der Waals surface area contributed by atoms with Crippen molar-refractivity contribution in [3.8, 4) is 16.8 Å². The van der Waals surface area contributed by atoms with Gasteiger partial charge in [0.15, 0.2) is 10.9 Å². The molecule has 0 aliphatic carbocycles. The summed E-state index contributed by atoms with van der Waals surface area (Å²) in [5, 5.41) is 11.7. The number of aromatic nitrogens is 3. The zero-order valence-electron chi connectivity index (χ0n) is 19.3. The van der Waals surface area contributed by atoms with Crippen molar-refractivity contribution in [2.24, 2.45) is 0 Å². The number of rotatable bonds is 10. The summed E-state index contributed by atoms with van der Waals surface area (Å²) in [5.41, 5.74) is 3.06. The van der Waals surface area contributed by atoms with E-state index in [-0.39, 0.29) is 17.4 Å². The number of benzene rings is 3. The number of para-hydroxylation sites is 1. The fourth-order valence-electron chi connectivity index (χ4n) is 3.63. The molecular weight excluding hydrogens is 463 g/mol. The molecule has 1 N–H and O–H groups in total. The third-order valence-corrected chi connectivity index (χ3v) is 6.32. The van der Waals surface area contributed by atoms with Crippen molar-refractivity contribution in [1.82, 2.24) is 20.1 Å². The summed E-state index contributed by atoms with van der Waals surface area (Å²) in [4.78, 5) is 24.0. The molecule has 0 saturated heterocycles. The molecule has 0 aliphatic rings. The normalized spacial score (nSPS) is 10.8. The average molecular weight is 489 g/mol. The maximum Gasteiger partial charge on any atom is 0.216 e. The van der Waals surface area contributed by atoms with Gasteiger partial charge in [-0.05, 0) is 29.7 Å².